The van der Waals surface area contributed by atoms with E-state index in [1.165, 1.54) is 0 Å². The fraction of sp³-hybridized carbons (Fsp3) is 0.259. The van der Waals surface area contributed by atoms with E-state index in [1.54, 1.807) is 26.3 Å². The number of nitrogen functional groups attached to an aromatic ring is 1. The van der Waals surface area contributed by atoms with E-state index in [2.05, 4.69) is 32.7 Å². The first-order valence-corrected chi connectivity index (χ1v) is 12.0. The van der Waals surface area contributed by atoms with Gasteiger partial charge in [0, 0.05) is 43.3 Å². The van der Waals surface area contributed by atoms with Gasteiger partial charge in [-0.1, -0.05) is 24.0 Å². The smallest absolute Gasteiger partial charge is 0.260 e. The molecule has 10 nitrogen and oxygen atoms in total. The second-order valence-electron chi connectivity index (χ2n) is 9.27. The molecule has 1 atom stereocenters. The minimum Gasteiger partial charge on any atom is -0.381 e. The average Bonchev–Trinajstić information content (AvgIpc) is 3.43. The Kier molecular flexibility index (Phi) is 6.05. The summed E-state index contributed by atoms with van der Waals surface area (Å²) in [6, 6.07) is 6.92. The van der Waals surface area contributed by atoms with Crippen molar-refractivity contribution >= 4 is 34.5 Å². The molecule has 1 amide bonds. The van der Waals surface area contributed by atoms with E-state index >= 15 is 0 Å². The fourth-order valence-corrected chi connectivity index (χ4v) is 4.60. The molecule has 37 heavy (non-hydrogen) atoms. The number of nitrogens with zero attached hydrogens (tertiary/aromatic N) is 5. The third kappa shape index (κ3) is 4.36. The molecule has 0 fully saturated rings. The van der Waals surface area contributed by atoms with E-state index in [4.69, 9.17) is 5.73 Å². The summed E-state index contributed by atoms with van der Waals surface area (Å²) in [5.74, 6) is 6.54. The number of pyridine rings is 1. The number of benzene rings is 1. The van der Waals surface area contributed by atoms with E-state index in [-0.39, 0.29) is 28.9 Å². The van der Waals surface area contributed by atoms with Crippen LogP contribution in [0.5, 0.6) is 0 Å². The van der Waals surface area contributed by atoms with E-state index < -0.39 is 6.04 Å². The third-order valence-corrected chi connectivity index (χ3v) is 6.26. The molecule has 1 aromatic carbocycles. The van der Waals surface area contributed by atoms with E-state index in [9.17, 15) is 9.59 Å². The van der Waals surface area contributed by atoms with E-state index in [0.29, 0.717) is 29.0 Å². The van der Waals surface area contributed by atoms with Gasteiger partial charge in [0.05, 0.1) is 23.2 Å². The van der Waals surface area contributed by atoms with Gasteiger partial charge in [0.1, 0.15) is 11.4 Å². The highest BCUT2D eigenvalue weighted by atomic mass is 16.2. The lowest BCUT2D eigenvalue weighted by molar-refractivity contribution is 0.0939. The molecule has 10 heteroatoms. The van der Waals surface area contributed by atoms with Crippen molar-refractivity contribution in [1.29, 1.82) is 0 Å². The summed E-state index contributed by atoms with van der Waals surface area (Å²) < 4.78 is 4.94. The largest absolute Gasteiger partial charge is 0.381 e. The van der Waals surface area contributed by atoms with Gasteiger partial charge in [0.15, 0.2) is 5.82 Å². The van der Waals surface area contributed by atoms with Crippen molar-refractivity contribution < 1.29 is 4.79 Å². The number of amides is 1. The van der Waals surface area contributed by atoms with E-state index in [1.807, 2.05) is 64.4 Å². The molecule has 4 N–H and O–H groups in total. The number of anilines is 2. The molecule has 188 valence electrons. The molecular weight excluding hydrogens is 468 g/mol. The minimum atomic E-state index is -0.480. The monoisotopic (exact) mass is 496 g/mol. The lowest BCUT2D eigenvalue weighted by Crippen LogP contribution is -2.34. The molecule has 4 aromatic rings. The Morgan fingerprint density at radius 2 is 2.05 bits per heavy atom. The number of hydrogen-bond donors (Lipinski definition) is 3. The maximum absolute atomic E-state index is 13.8. The molecule has 0 radical (unpaired) electrons. The van der Waals surface area contributed by atoms with E-state index in [0.717, 1.165) is 10.9 Å². The first-order valence-electron chi connectivity index (χ1n) is 12.0. The molecule has 1 unspecified atom stereocenters. The van der Waals surface area contributed by atoms with Gasteiger partial charge < -0.3 is 20.9 Å². The predicted octanol–water partition coefficient (Wildman–Crippen LogP) is 2.88. The average molecular weight is 497 g/mol. The summed E-state index contributed by atoms with van der Waals surface area (Å²) in [7, 11) is 1.83. The van der Waals surface area contributed by atoms with Gasteiger partial charge in [-0.15, -0.1) is 5.10 Å². The Bertz CT molecular complexity index is 1680. The lowest BCUT2D eigenvalue weighted by atomic mass is 10.0. The van der Waals surface area contributed by atoms with Crippen LogP contribution in [0, 0.1) is 11.8 Å². The van der Waals surface area contributed by atoms with Crippen molar-refractivity contribution in [2.24, 2.45) is 7.05 Å². The number of nitrogens with one attached hydrogen (secondary N) is 2. The molecule has 0 saturated carbocycles. The van der Waals surface area contributed by atoms with Gasteiger partial charge in [0.2, 0.25) is 0 Å². The number of carbonyl (C=O) groups is 1. The van der Waals surface area contributed by atoms with Crippen LogP contribution < -0.4 is 21.9 Å². The van der Waals surface area contributed by atoms with Crippen LogP contribution in [0.2, 0.25) is 0 Å². The van der Waals surface area contributed by atoms with Crippen LogP contribution in [0.15, 0.2) is 47.5 Å². The Morgan fingerprint density at radius 1 is 1.24 bits per heavy atom. The second-order valence-corrected chi connectivity index (χ2v) is 9.27. The van der Waals surface area contributed by atoms with Crippen LogP contribution in [0.3, 0.4) is 0 Å². The van der Waals surface area contributed by atoms with Crippen molar-refractivity contribution in [3.63, 3.8) is 0 Å². The Hall–Kier alpha value is -4.78. The number of aromatic nitrogens is 5. The minimum absolute atomic E-state index is 0.135. The van der Waals surface area contributed by atoms with Crippen LogP contribution in [0.4, 0.5) is 11.6 Å². The topological polar surface area (TPSA) is 125 Å². The molecule has 1 aliphatic rings. The number of rotatable bonds is 4. The van der Waals surface area contributed by atoms with Crippen molar-refractivity contribution in [3.8, 4) is 11.8 Å². The van der Waals surface area contributed by atoms with Crippen LogP contribution in [0.1, 0.15) is 60.0 Å². The van der Waals surface area contributed by atoms with Gasteiger partial charge in [-0.2, -0.15) is 5.10 Å². The number of aryl methyl sites for hydroxylation is 1. The van der Waals surface area contributed by atoms with Crippen molar-refractivity contribution in [1.82, 2.24) is 29.4 Å². The number of hydrogen-bond acceptors (Lipinski definition) is 6. The third-order valence-electron chi connectivity index (χ3n) is 6.26. The summed E-state index contributed by atoms with van der Waals surface area (Å²) in [4.78, 5) is 27.1. The summed E-state index contributed by atoms with van der Waals surface area (Å²) in [6.07, 6.45) is 7.15. The second kappa shape index (κ2) is 9.35. The van der Waals surface area contributed by atoms with Gasteiger partial charge >= 0.3 is 0 Å². The number of nitrogens with two attached hydrogens (primary N) is 1. The fourth-order valence-electron chi connectivity index (χ4n) is 4.60. The molecule has 4 heterocycles. The maximum atomic E-state index is 13.8. The molecule has 5 rings (SSSR count). The van der Waals surface area contributed by atoms with Crippen molar-refractivity contribution in [2.75, 3.05) is 17.6 Å². The Labute approximate surface area is 213 Å². The summed E-state index contributed by atoms with van der Waals surface area (Å²) >= 11 is 0. The van der Waals surface area contributed by atoms with Crippen LogP contribution in [0.25, 0.3) is 17.0 Å². The molecule has 3 aromatic heterocycles. The van der Waals surface area contributed by atoms with Gasteiger partial charge in [-0.05, 0) is 44.4 Å². The number of fused-ring (bicyclic) bond motifs is 2. The highest BCUT2D eigenvalue weighted by molar-refractivity contribution is 6.04. The standard InChI is InChI=1S/C27H28N8O2/c1-16(2)35-21(17(3)31-26(36)23-24(28)32-34-12-6-11-29-25(23)34)13-20-8-5-7-19(22(20)27(35)37)10-9-18-14-30-33(4)15-18/h5-8,12-17,29H,11H2,1-4H3,(H2,28,32)(H,31,36). The lowest BCUT2D eigenvalue weighted by Gasteiger charge is -2.23. The highest BCUT2D eigenvalue weighted by Crippen LogP contribution is 2.27. The molecule has 0 aliphatic carbocycles. The van der Waals surface area contributed by atoms with Gasteiger partial charge in [-0.3, -0.25) is 14.3 Å². The number of carbonyl (C=O) groups excluding carboxylic acids is 1. The van der Waals surface area contributed by atoms with Crippen LogP contribution in [-0.4, -0.2) is 36.6 Å². The summed E-state index contributed by atoms with van der Waals surface area (Å²) in [5, 5.41) is 15.8. The molecule has 0 saturated heterocycles. The van der Waals surface area contributed by atoms with Gasteiger partial charge in [-0.25, -0.2) is 4.68 Å². The van der Waals surface area contributed by atoms with Crippen LogP contribution >= 0.6 is 0 Å². The molecule has 1 aliphatic heterocycles. The Balaban J connectivity index is 1.55. The predicted molar refractivity (Wildman–Crippen MR) is 144 cm³/mol. The summed E-state index contributed by atoms with van der Waals surface area (Å²) in [5.41, 5.74) is 8.28. The zero-order valence-corrected chi connectivity index (χ0v) is 21.1. The molecule has 0 bridgehead atoms. The highest BCUT2D eigenvalue weighted by Gasteiger charge is 2.26. The van der Waals surface area contributed by atoms with Crippen LogP contribution in [-0.2, 0) is 7.05 Å². The SMILES string of the molecule is CC(NC(=O)c1c(N)nn2c1NCC=C2)c1cc2cccc(C#Cc3cnn(C)c3)c2c(=O)n1C(C)C. The van der Waals surface area contributed by atoms with Gasteiger partial charge in [0.25, 0.3) is 11.5 Å². The first-order chi connectivity index (χ1) is 17.7. The van der Waals surface area contributed by atoms with Crippen molar-refractivity contribution in [2.45, 2.75) is 32.9 Å². The zero-order chi connectivity index (χ0) is 26.3. The normalized spacial score (nSPS) is 13.1. The molecular formula is C27H28N8O2. The zero-order valence-electron chi connectivity index (χ0n) is 21.1. The maximum Gasteiger partial charge on any atom is 0.260 e. The van der Waals surface area contributed by atoms with Crippen molar-refractivity contribution in [3.05, 3.63) is 75.5 Å². The molecule has 0 spiro atoms. The Morgan fingerprint density at radius 3 is 2.78 bits per heavy atom. The first kappa shape index (κ1) is 23.9. The summed E-state index contributed by atoms with van der Waals surface area (Å²) in [6.45, 7) is 6.31. The quantitative estimate of drug-likeness (QED) is 0.373.